The Morgan fingerprint density at radius 1 is 1.60 bits per heavy atom. The fourth-order valence-electron chi connectivity index (χ4n) is 1.70. The van der Waals surface area contributed by atoms with Crippen molar-refractivity contribution >= 4 is 6.03 Å². The van der Waals surface area contributed by atoms with Gasteiger partial charge in [0.2, 0.25) is 0 Å². The molecule has 2 heterocycles. The zero-order chi connectivity index (χ0) is 7.19. The molecule has 10 heavy (non-hydrogen) atoms. The third-order valence-corrected chi connectivity index (χ3v) is 2.55. The fraction of sp³-hybridized carbons (Fsp3) is 0.571. The van der Waals surface area contributed by atoms with E-state index in [4.69, 9.17) is 5.73 Å². The maximum absolute atomic E-state index is 10.9. The number of primary amides is 1. The molecule has 0 saturated carbocycles. The molecule has 2 aliphatic heterocycles. The van der Waals surface area contributed by atoms with Crippen molar-refractivity contribution in [2.24, 2.45) is 5.73 Å². The number of carbonyl (C=O) groups is 1. The average Bonchev–Trinajstić information content (AvgIpc) is 2.61. The minimum absolute atomic E-state index is 0.158. The highest BCUT2D eigenvalue weighted by molar-refractivity contribution is 5.66. The summed E-state index contributed by atoms with van der Waals surface area (Å²) in [5, 5.41) is 0. The molecule has 0 spiro atoms. The molecule has 2 amide bonds. The number of fused-ring (bicyclic) bond motifs is 1. The molecule has 0 radical (unpaired) electrons. The Labute approximate surface area is 59.7 Å². The van der Waals surface area contributed by atoms with Gasteiger partial charge in [0.1, 0.15) is 13.1 Å². The number of quaternary nitrogens is 1. The van der Waals surface area contributed by atoms with Crippen molar-refractivity contribution in [3.8, 4) is 0 Å². The van der Waals surface area contributed by atoms with Crippen molar-refractivity contribution in [2.75, 3.05) is 13.1 Å². The van der Waals surface area contributed by atoms with Gasteiger partial charge in [0.15, 0.2) is 6.04 Å². The van der Waals surface area contributed by atoms with Crippen molar-refractivity contribution in [3.05, 3.63) is 12.2 Å². The van der Waals surface area contributed by atoms with Gasteiger partial charge >= 0.3 is 6.03 Å². The first kappa shape index (κ1) is 5.92. The lowest BCUT2D eigenvalue weighted by molar-refractivity contribution is -0.720. The van der Waals surface area contributed by atoms with E-state index in [1.807, 2.05) is 6.08 Å². The van der Waals surface area contributed by atoms with Gasteiger partial charge in [-0.25, -0.2) is 9.28 Å². The molecule has 1 fully saturated rings. The van der Waals surface area contributed by atoms with Crippen LogP contribution in [0, 0.1) is 0 Å². The van der Waals surface area contributed by atoms with Crippen molar-refractivity contribution in [1.82, 2.24) is 0 Å². The van der Waals surface area contributed by atoms with Gasteiger partial charge in [0.05, 0.1) is 0 Å². The molecule has 0 aromatic rings. The van der Waals surface area contributed by atoms with Crippen LogP contribution >= 0.6 is 0 Å². The molecule has 0 aromatic carbocycles. The molecule has 2 N–H and O–H groups in total. The van der Waals surface area contributed by atoms with Gasteiger partial charge in [0, 0.05) is 6.42 Å². The van der Waals surface area contributed by atoms with Gasteiger partial charge in [0.25, 0.3) is 0 Å². The van der Waals surface area contributed by atoms with E-state index in [-0.39, 0.29) is 6.03 Å². The van der Waals surface area contributed by atoms with Crippen LogP contribution in [0.25, 0.3) is 0 Å². The normalized spacial score (nSPS) is 42.6. The summed E-state index contributed by atoms with van der Waals surface area (Å²) in [5.74, 6) is 0. The molecule has 54 valence electrons. The van der Waals surface area contributed by atoms with E-state index in [1.54, 1.807) is 0 Å². The van der Waals surface area contributed by atoms with E-state index in [2.05, 4.69) is 6.08 Å². The van der Waals surface area contributed by atoms with E-state index in [0.29, 0.717) is 10.5 Å². The summed E-state index contributed by atoms with van der Waals surface area (Å²) in [6.07, 6.45) is 5.22. The van der Waals surface area contributed by atoms with Crippen molar-refractivity contribution < 1.29 is 9.28 Å². The highest BCUT2D eigenvalue weighted by atomic mass is 16.2. The van der Waals surface area contributed by atoms with Gasteiger partial charge in [-0.15, -0.1) is 0 Å². The molecule has 0 aromatic heterocycles. The lowest BCUT2D eigenvalue weighted by atomic mass is 10.2. The average molecular weight is 139 g/mol. The monoisotopic (exact) mass is 139 g/mol. The first-order chi connectivity index (χ1) is 4.76. The van der Waals surface area contributed by atoms with E-state index >= 15 is 0 Å². The minimum atomic E-state index is -0.158. The first-order valence-electron chi connectivity index (χ1n) is 3.57. The van der Waals surface area contributed by atoms with Gasteiger partial charge in [-0.3, -0.25) is 0 Å². The molecular formula is C7H11N2O+. The van der Waals surface area contributed by atoms with Crippen LogP contribution in [0.2, 0.25) is 0 Å². The molecule has 2 rings (SSSR count). The Balaban J connectivity index is 2.21. The van der Waals surface area contributed by atoms with Crippen LogP contribution in [0.15, 0.2) is 12.2 Å². The first-order valence-corrected chi connectivity index (χ1v) is 3.57. The third kappa shape index (κ3) is 0.555. The van der Waals surface area contributed by atoms with Crippen molar-refractivity contribution in [1.29, 1.82) is 0 Å². The van der Waals surface area contributed by atoms with Gasteiger partial charge in [-0.2, -0.15) is 0 Å². The lowest BCUT2D eigenvalue weighted by Crippen LogP contribution is -2.41. The second-order valence-electron chi connectivity index (χ2n) is 3.10. The standard InChI is InChI=1S/C7H10N2O/c8-7(10)9-4-2-1-3-6(9)5-9/h1-2,6H,3-5H2,(H-,8,10)/p+1. The van der Waals surface area contributed by atoms with Crippen LogP contribution in [0.3, 0.4) is 0 Å². The Morgan fingerprint density at radius 3 is 2.90 bits per heavy atom. The molecule has 3 nitrogen and oxygen atoms in total. The smallest absolute Gasteiger partial charge is 0.319 e. The van der Waals surface area contributed by atoms with E-state index in [0.717, 1.165) is 19.5 Å². The van der Waals surface area contributed by atoms with Crippen molar-refractivity contribution in [3.63, 3.8) is 0 Å². The Hall–Kier alpha value is -0.830. The predicted octanol–water partition coefficient (Wildman–Crippen LogP) is 0.224. The summed E-state index contributed by atoms with van der Waals surface area (Å²) in [4.78, 5) is 10.9. The Bertz CT molecular complexity index is 212. The van der Waals surface area contributed by atoms with Crippen LogP contribution in [0.5, 0.6) is 0 Å². The highest BCUT2D eigenvalue weighted by Gasteiger charge is 2.59. The molecule has 1 saturated heterocycles. The largest absolute Gasteiger partial charge is 0.414 e. The second kappa shape index (κ2) is 1.61. The number of amides is 2. The summed E-state index contributed by atoms with van der Waals surface area (Å²) >= 11 is 0. The fourth-order valence-corrected chi connectivity index (χ4v) is 1.70. The van der Waals surface area contributed by atoms with E-state index in [1.165, 1.54) is 0 Å². The predicted molar refractivity (Wildman–Crippen MR) is 37.1 cm³/mol. The summed E-state index contributed by atoms with van der Waals surface area (Å²) < 4.78 is 0.524. The lowest BCUT2D eigenvalue weighted by Gasteiger charge is -2.14. The van der Waals surface area contributed by atoms with E-state index < -0.39 is 0 Å². The van der Waals surface area contributed by atoms with Crippen LogP contribution in [0.1, 0.15) is 6.42 Å². The Morgan fingerprint density at radius 2 is 2.40 bits per heavy atom. The second-order valence-corrected chi connectivity index (χ2v) is 3.10. The topological polar surface area (TPSA) is 43.1 Å². The van der Waals surface area contributed by atoms with Crippen LogP contribution in [0.4, 0.5) is 4.79 Å². The Kier molecular flexibility index (Phi) is 0.951. The molecule has 3 heteroatoms. The number of hydrogen-bond acceptors (Lipinski definition) is 1. The van der Waals surface area contributed by atoms with Gasteiger partial charge in [-0.1, -0.05) is 6.08 Å². The maximum atomic E-state index is 10.9. The third-order valence-electron chi connectivity index (χ3n) is 2.55. The number of hydrogen-bond donors (Lipinski definition) is 1. The molecular weight excluding hydrogens is 128 g/mol. The number of nitrogens with zero attached hydrogens (tertiary/aromatic N) is 1. The van der Waals surface area contributed by atoms with Gasteiger partial charge < -0.3 is 5.73 Å². The minimum Gasteiger partial charge on any atom is -0.319 e. The number of nitrogens with two attached hydrogens (primary N) is 1. The molecule has 2 unspecified atom stereocenters. The maximum Gasteiger partial charge on any atom is 0.414 e. The number of urea groups is 1. The summed E-state index contributed by atoms with van der Waals surface area (Å²) in [7, 11) is 0. The van der Waals surface area contributed by atoms with E-state index in [9.17, 15) is 4.79 Å². The van der Waals surface area contributed by atoms with Gasteiger partial charge in [-0.05, 0) is 6.08 Å². The SMILES string of the molecule is NC(=O)[N+]12CC=CCC1C2. The summed E-state index contributed by atoms with van der Waals surface area (Å²) in [5.41, 5.74) is 5.24. The van der Waals surface area contributed by atoms with Crippen LogP contribution < -0.4 is 5.73 Å². The van der Waals surface area contributed by atoms with Crippen molar-refractivity contribution in [2.45, 2.75) is 12.5 Å². The van der Waals surface area contributed by atoms with Crippen LogP contribution in [-0.2, 0) is 0 Å². The molecule has 0 aliphatic carbocycles. The molecule has 2 aliphatic rings. The summed E-state index contributed by atoms with van der Waals surface area (Å²) in [6.45, 7) is 1.78. The number of rotatable bonds is 0. The quantitative estimate of drug-likeness (QED) is 0.291. The zero-order valence-corrected chi connectivity index (χ0v) is 5.79. The molecule has 0 bridgehead atoms. The summed E-state index contributed by atoms with van der Waals surface area (Å²) in [6, 6.07) is 0.358. The van der Waals surface area contributed by atoms with Crippen LogP contribution in [-0.4, -0.2) is 29.6 Å². The highest BCUT2D eigenvalue weighted by Crippen LogP contribution is 2.35. The zero-order valence-electron chi connectivity index (χ0n) is 5.79. The molecule has 2 atom stereocenters. The number of carbonyl (C=O) groups excluding carboxylic acids is 1.